The Kier molecular flexibility index (Phi) is 7.73. The lowest BCUT2D eigenvalue weighted by Crippen LogP contribution is -2.27. The molecule has 0 radical (unpaired) electrons. The van der Waals surface area contributed by atoms with Crippen LogP contribution in [0.15, 0.2) is 48.5 Å². The fraction of sp³-hybridized carbons (Fsp3) is 0.435. The number of aryl methyl sites for hydroxylation is 1. The van der Waals surface area contributed by atoms with Crippen molar-refractivity contribution in [3.05, 3.63) is 64.7 Å². The number of unbranched alkanes of at least 4 members (excludes halogenated alkanes) is 2. The zero-order valence-electron chi connectivity index (χ0n) is 16.4. The predicted molar refractivity (Wildman–Crippen MR) is 111 cm³/mol. The van der Waals surface area contributed by atoms with Gasteiger partial charge in [-0.15, -0.1) is 0 Å². The lowest BCUT2D eigenvalue weighted by atomic mass is 9.87. The second kappa shape index (κ2) is 9.80. The summed E-state index contributed by atoms with van der Waals surface area (Å²) in [4.78, 5) is 11.5. The maximum atomic E-state index is 11.5. The van der Waals surface area contributed by atoms with Gasteiger partial charge < -0.3 is 9.84 Å². The van der Waals surface area contributed by atoms with Gasteiger partial charge in [0, 0.05) is 5.02 Å². The van der Waals surface area contributed by atoms with Crippen LogP contribution in [0, 0.1) is 0 Å². The topological polar surface area (TPSA) is 46.5 Å². The van der Waals surface area contributed by atoms with Gasteiger partial charge in [0.15, 0.2) is 6.10 Å². The molecule has 0 unspecified atom stereocenters. The second-order valence-electron chi connectivity index (χ2n) is 7.94. The molecule has 2 aromatic carbocycles. The van der Waals surface area contributed by atoms with Crippen LogP contribution in [0.2, 0.25) is 5.02 Å². The Labute approximate surface area is 167 Å². The highest BCUT2D eigenvalue weighted by molar-refractivity contribution is 6.30. The van der Waals surface area contributed by atoms with Crippen LogP contribution in [-0.2, 0) is 16.6 Å². The number of carboxylic acid groups (broad SMARTS) is 1. The smallest absolute Gasteiger partial charge is 0.344 e. The molecule has 0 amide bonds. The molecule has 0 bridgehead atoms. The summed E-state index contributed by atoms with van der Waals surface area (Å²) in [5.41, 5.74) is 2.52. The first-order valence-corrected chi connectivity index (χ1v) is 9.88. The number of ether oxygens (including phenoxy) is 1. The molecule has 27 heavy (non-hydrogen) atoms. The number of rotatable bonds is 9. The molecular formula is C23H29ClO3. The van der Waals surface area contributed by atoms with Gasteiger partial charge in [-0.25, -0.2) is 4.79 Å². The minimum Gasteiger partial charge on any atom is -0.479 e. The lowest BCUT2D eigenvalue weighted by molar-refractivity contribution is -0.145. The van der Waals surface area contributed by atoms with Crippen LogP contribution in [0.25, 0.3) is 0 Å². The molecule has 1 N–H and O–H groups in total. The SMILES string of the molecule is CC(C)(C)c1ccc(O[C@H](CCCCCc2ccc(Cl)cc2)C(=O)O)cc1. The third kappa shape index (κ3) is 7.26. The van der Waals surface area contributed by atoms with Crippen molar-refractivity contribution in [1.82, 2.24) is 0 Å². The number of hydrogen-bond acceptors (Lipinski definition) is 2. The van der Waals surface area contributed by atoms with Crippen molar-refractivity contribution in [3.8, 4) is 5.75 Å². The van der Waals surface area contributed by atoms with Crippen molar-refractivity contribution in [3.63, 3.8) is 0 Å². The lowest BCUT2D eigenvalue weighted by Gasteiger charge is -2.20. The molecule has 0 saturated heterocycles. The highest BCUT2D eigenvalue weighted by Crippen LogP contribution is 2.25. The van der Waals surface area contributed by atoms with Crippen molar-refractivity contribution in [2.45, 2.75) is 64.4 Å². The van der Waals surface area contributed by atoms with Gasteiger partial charge in [0.05, 0.1) is 0 Å². The molecule has 0 spiro atoms. The van der Waals surface area contributed by atoms with Crippen LogP contribution in [0.1, 0.15) is 57.6 Å². The summed E-state index contributed by atoms with van der Waals surface area (Å²) in [6.07, 6.45) is 3.50. The van der Waals surface area contributed by atoms with Gasteiger partial charge in [0.2, 0.25) is 0 Å². The quantitative estimate of drug-likeness (QED) is 0.514. The maximum Gasteiger partial charge on any atom is 0.344 e. The summed E-state index contributed by atoms with van der Waals surface area (Å²) in [6.45, 7) is 6.44. The number of carbonyl (C=O) groups is 1. The maximum absolute atomic E-state index is 11.5. The minimum atomic E-state index is -0.910. The molecule has 0 saturated carbocycles. The summed E-state index contributed by atoms with van der Waals surface area (Å²) in [7, 11) is 0. The zero-order chi connectivity index (χ0) is 19.9. The van der Waals surface area contributed by atoms with Crippen molar-refractivity contribution < 1.29 is 14.6 Å². The van der Waals surface area contributed by atoms with E-state index in [9.17, 15) is 9.90 Å². The van der Waals surface area contributed by atoms with E-state index in [2.05, 4.69) is 20.8 Å². The highest BCUT2D eigenvalue weighted by atomic mass is 35.5. The Morgan fingerprint density at radius 3 is 2.19 bits per heavy atom. The highest BCUT2D eigenvalue weighted by Gasteiger charge is 2.19. The van der Waals surface area contributed by atoms with E-state index in [0.717, 1.165) is 30.7 Å². The van der Waals surface area contributed by atoms with Crippen molar-refractivity contribution >= 4 is 17.6 Å². The molecule has 0 aromatic heterocycles. The third-order valence-electron chi connectivity index (χ3n) is 4.62. The molecule has 0 heterocycles. The third-order valence-corrected chi connectivity index (χ3v) is 4.87. The first-order chi connectivity index (χ1) is 12.8. The van der Waals surface area contributed by atoms with Gasteiger partial charge in [-0.05, 0) is 66.5 Å². The molecule has 2 aromatic rings. The molecule has 0 aliphatic carbocycles. The van der Waals surface area contributed by atoms with Crippen LogP contribution >= 0.6 is 11.6 Å². The van der Waals surface area contributed by atoms with E-state index in [1.165, 1.54) is 11.1 Å². The molecule has 0 fully saturated rings. The van der Waals surface area contributed by atoms with Gasteiger partial charge in [-0.3, -0.25) is 0 Å². The first-order valence-electron chi connectivity index (χ1n) is 9.50. The molecule has 1 atom stereocenters. The van der Waals surface area contributed by atoms with E-state index in [0.29, 0.717) is 12.2 Å². The molecule has 2 rings (SSSR count). The summed E-state index contributed by atoms with van der Waals surface area (Å²) < 4.78 is 5.71. The Morgan fingerprint density at radius 1 is 1.00 bits per heavy atom. The second-order valence-corrected chi connectivity index (χ2v) is 8.38. The Balaban J connectivity index is 1.78. The summed E-state index contributed by atoms with van der Waals surface area (Å²) in [5, 5.41) is 10.2. The van der Waals surface area contributed by atoms with Gasteiger partial charge in [0.1, 0.15) is 5.75 Å². The fourth-order valence-corrected chi connectivity index (χ4v) is 3.04. The van der Waals surface area contributed by atoms with E-state index in [-0.39, 0.29) is 5.41 Å². The van der Waals surface area contributed by atoms with Gasteiger partial charge in [-0.2, -0.15) is 0 Å². The van der Waals surface area contributed by atoms with E-state index >= 15 is 0 Å². The van der Waals surface area contributed by atoms with E-state index in [4.69, 9.17) is 16.3 Å². The predicted octanol–water partition coefficient (Wildman–Crippen LogP) is 6.27. The monoisotopic (exact) mass is 388 g/mol. The van der Waals surface area contributed by atoms with Crippen LogP contribution in [0.5, 0.6) is 5.75 Å². The Morgan fingerprint density at radius 2 is 1.63 bits per heavy atom. The molecule has 0 aliphatic heterocycles. The number of halogens is 1. The zero-order valence-corrected chi connectivity index (χ0v) is 17.1. The van der Waals surface area contributed by atoms with Crippen molar-refractivity contribution in [1.29, 1.82) is 0 Å². The fourth-order valence-electron chi connectivity index (χ4n) is 2.92. The molecule has 146 valence electrons. The van der Waals surface area contributed by atoms with Gasteiger partial charge in [0.25, 0.3) is 0 Å². The molecule has 3 nitrogen and oxygen atoms in total. The Hall–Kier alpha value is -2.00. The summed E-state index contributed by atoms with van der Waals surface area (Å²) in [6, 6.07) is 15.6. The molecule has 4 heteroatoms. The number of aliphatic carboxylic acids is 1. The Bertz CT molecular complexity index is 715. The largest absolute Gasteiger partial charge is 0.479 e. The summed E-state index contributed by atoms with van der Waals surface area (Å²) in [5.74, 6) is -0.302. The average Bonchev–Trinajstić information content (AvgIpc) is 2.61. The number of carboxylic acids is 1. The van der Waals surface area contributed by atoms with Crippen molar-refractivity contribution in [2.75, 3.05) is 0 Å². The molecular weight excluding hydrogens is 360 g/mol. The minimum absolute atomic E-state index is 0.0643. The number of hydrogen-bond donors (Lipinski definition) is 1. The van der Waals surface area contributed by atoms with Crippen molar-refractivity contribution in [2.24, 2.45) is 0 Å². The summed E-state index contributed by atoms with van der Waals surface area (Å²) >= 11 is 5.89. The van der Waals surface area contributed by atoms with Crippen LogP contribution in [0.4, 0.5) is 0 Å². The number of benzene rings is 2. The molecule has 0 aliphatic rings. The first kappa shape index (κ1) is 21.3. The van der Waals surface area contributed by atoms with E-state index < -0.39 is 12.1 Å². The van der Waals surface area contributed by atoms with E-state index in [1.54, 1.807) is 0 Å². The van der Waals surface area contributed by atoms with Crippen LogP contribution in [0.3, 0.4) is 0 Å². The standard InChI is InChI=1S/C23H29ClO3/c1-23(2,3)18-11-15-20(16-12-18)27-21(22(25)26)8-6-4-5-7-17-9-13-19(24)14-10-17/h9-16,21H,4-8H2,1-3H3,(H,25,26)/t21-/m1/s1. The van der Waals surface area contributed by atoms with E-state index in [1.807, 2.05) is 48.5 Å². The van der Waals surface area contributed by atoms with Crippen LogP contribution in [-0.4, -0.2) is 17.2 Å². The van der Waals surface area contributed by atoms with Gasteiger partial charge >= 0.3 is 5.97 Å². The average molecular weight is 389 g/mol. The van der Waals surface area contributed by atoms with Crippen LogP contribution < -0.4 is 4.74 Å². The van der Waals surface area contributed by atoms with Gasteiger partial charge in [-0.1, -0.05) is 63.1 Å². The normalized spacial score (nSPS) is 12.6.